The zero-order valence-electron chi connectivity index (χ0n) is 27.9. The van der Waals surface area contributed by atoms with Gasteiger partial charge in [0.2, 0.25) is 0 Å². The van der Waals surface area contributed by atoms with Crippen LogP contribution < -0.4 is 4.57 Å². The average molecular weight is 612 g/mol. The third-order valence-electron chi connectivity index (χ3n) is 10.5. The Morgan fingerprint density at radius 1 is 0.596 bits per heavy atom. The van der Waals surface area contributed by atoms with E-state index >= 15 is 0 Å². The van der Waals surface area contributed by atoms with Gasteiger partial charge in [-0.1, -0.05) is 92.7 Å². The molecule has 230 valence electrons. The summed E-state index contributed by atoms with van der Waals surface area (Å²) >= 11 is 0. The van der Waals surface area contributed by atoms with Gasteiger partial charge >= 0.3 is 0 Å². The fourth-order valence-corrected chi connectivity index (χ4v) is 7.93. The maximum Gasteiger partial charge on any atom is 0.197 e. The van der Waals surface area contributed by atoms with Crippen LogP contribution in [0.25, 0.3) is 43.5 Å². The molecular formula is C44H39N2O+. The van der Waals surface area contributed by atoms with Gasteiger partial charge in [-0.05, 0) is 89.5 Å². The number of rotatable bonds is 5. The second kappa shape index (κ2) is 10.6. The maximum absolute atomic E-state index is 6.76. The smallest absolute Gasteiger partial charge is 0.197 e. The average Bonchev–Trinajstić information content (AvgIpc) is 3.45. The highest BCUT2D eigenvalue weighted by molar-refractivity contribution is 6.23. The van der Waals surface area contributed by atoms with E-state index < -0.39 is 5.41 Å². The molecule has 3 aromatic heterocycles. The van der Waals surface area contributed by atoms with Crippen LogP contribution in [0.1, 0.15) is 60.1 Å². The normalized spacial score (nSPS) is 13.5. The molecular weight excluding hydrogens is 572 g/mol. The summed E-state index contributed by atoms with van der Waals surface area (Å²) in [5.74, 6) is 0. The number of fused-ring (bicyclic) bond motifs is 7. The molecule has 0 aliphatic carbocycles. The van der Waals surface area contributed by atoms with E-state index in [-0.39, 0.29) is 5.41 Å². The van der Waals surface area contributed by atoms with Gasteiger partial charge in [0, 0.05) is 33.7 Å². The summed E-state index contributed by atoms with van der Waals surface area (Å²) in [6.07, 6.45) is 2.13. The van der Waals surface area contributed by atoms with Gasteiger partial charge < -0.3 is 4.42 Å². The van der Waals surface area contributed by atoms with Gasteiger partial charge in [-0.15, -0.1) is 0 Å². The second-order valence-electron chi connectivity index (χ2n) is 13.8. The minimum absolute atomic E-state index is 0.273. The predicted octanol–water partition coefficient (Wildman–Crippen LogP) is 10.4. The van der Waals surface area contributed by atoms with E-state index in [2.05, 4.69) is 174 Å². The zero-order valence-corrected chi connectivity index (χ0v) is 27.9. The Morgan fingerprint density at radius 2 is 1.32 bits per heavy atom. The molecule has 3 heterocycles. The lowest BCUT2D eigenvalue weighted by Crippen LogP contribution is -2.43. The van der Waals surface area contributed by atoms with Crippen LogP contribution in [0.15, 0.2) is 132 Å². The predicted molar refractivity (Wildman–Crippen MR) is 194 cm³/mol. The third-order valence-corrected chi connectivity index (χ3v) is 10.5. The molecule has 0 fully saturated rings. The van der Waals surface area contributed by atoms with Crippen molar-refractivity contribution in [3.63, 3.8) is 0 Å². The van der Waals surface area contributed by atoms with Crippen LogP contribution in [0.5, 0.6) is 0 Å². The van der Waals surface area contributed by atoms with E-state index in [4.69, 9.17) is 9.40 Å². The molecule has 0 saturated carbocycles. The van der Waals surface area contributed by atoms with Crippen molar-refractivity contribution in [2.45, 2.75) is 45.4 Å². The molecule has 0 spiro atoms. The minimum Gasteiger partial charge on any atom is -0.455 e. The van der Waals surface area contributed by atoms with Gasteiger partial charge in [-0.3, -0.25) is 4.98 Å². The van der Waals surface area contributed by atoms with E-state index in [1.165, 1.54) is 49.5 Å². The fourth-order valence-electron chi connectivity index (χ4n) is 7.93. The van der Waals surface area contributed by atoms with Crippen molar-refractivity contribution in [1.29, 1.82) is 0 Å². The van der Waals surface area contributed by atoms with E-state index in [1.54, 1.807) is 0 Å². The monoisotopic (exact) mass is 611 g/mol. The minimum atomic E-state index is -0.556. The van der Waals surface area contributed by atoms with Crippen LogP contribution in [-0.2, 0) is 17.9 Å². The Kier molecular flexibility index (Phi) is 6.59. The van der Waals surface area contributed by atoms with Crippen LogP contribution in [0.4, 0.5) is 0 Å². The molecule has 8 aromatic rings. The Hall–Kier alpha value is -5.28. The summed E-state index contributed by atoms with van der Waals surface area (Å²) in [5.41, 5.74) is 9.21. The van der Waals surface area contributed by atoms with E-state index in [9.17, 15) is 0 Å². The van der Waals surface area contributed by atoms with Crippen molar-refractivity contribution in [3.8, 4) is 0 Å². The number of pyridine rings is 2. The first kappa shape index (κ1) is 29.1. The lowest BCUT2D eigenvalue weighted by Gasteiger charge is -2.32. The molecule has 0 bridgehead atoms. The van der Waals surface area contributed by atoms with Crippen LogP contribution in [-0.4, -0.2) is 4.98 Å². The molecule has 8 rings (SSSR count). The first-order valence-corrected chi connectivity index (χ1v) is 16.4. The van der Waals surface area contributed by atoms with Gasteiger partial charge in [0.1, 0.15) is 23.6 Å². The maximum atomic E-state index is 6.76. The molecule has 0 aliphatic heterocycles. The van der Waals surface area contributed by atoms with Gasteiger partial charge in [0.05, 0.1) is 11.4 Å². The first-order chi connectivity index (χ1) is 22.7. The number of nitrogens with zero attached hydrogens (tertiary/aromatic N) is 2. The molecule has 1 unspecified atom stereocenters. The molecule has 3 heteroatoms. The first-order valence-electron chi connectivity index (χ1n) is 16.4. The highest BCUT2D eigenvalue weighted by Gasteiger charge is 2.42. The molecule has 0 radical (unpaired) electrons. The summed E-state index contributed by atoms with van der Waals surface area (Å²) < 4.78 is 8.99. The Balaban J connectivity index is 1.40. The molecule has 47 heavy (non-hydrogen) atoms. The van der Waals surface area contributed by atoms with Crippen molar-refractivity contribution < 1.29 is 8.98 Å². The van der Waals surface area contributed by atoms with Crippen LogP contribution in [0.2, 0.25) is 0 Å². The lowest BCUT2D eigenvalue weighted by atomic mass is 9.72. The highest BCUT2D eigenvalue weighted by atomic mass is 16.3. The van der Waals surface area contributed by atoms with E-state index in [0.717, 1.165) is 33.3 Å². The summed E-state index contributed by atoms with van der Waals surface area (Å²) in [6, 6.07) is 43.7. The topological polar surface area (TPSA) is 29.9 Å². The van der Waals surface area contributed by atoms with Crippen molar-refractivity contribution in [2.75, 3.05) is 0 Å². The summed E-state index contributed by atoms with van der Waals surface area (Å²) in [4.78, 5) is 5.54. The second-order valence-corrected chi connectivity index (χ2v) is 13.8. The fraction of sp³-hybridized carbons (Fsp3) is 0.182. The van der Waals surface area contributed by atoms with E-state index in [1.807, 2.05) is 0 Å². The van der Waals surface area contributed by atoms with Gasteiger partial charge in [-0.2, -0.15) is 0 Å². The summed E-state index contributed by atoms with van der Waals surface area (Å²) in [6.45, 7) is 11.3. The van der Waals surface area contributed by atoms with Crippen molar-refractivity contribution in [2.24, 2.45) is 7.05 Å². The van der Waals surface area contributed by atoms with Gasteiger partial charge in [0.25, 0.3) is 0 Å². The molecule has 3 nitrogen and oxygen atoms in total. The molecule has 5 aromatic carbocycles. The number of aromatic nitrogens is 2. The van der Waals surface area contributed by atoms with Crippen molar-refractivity contribution >= 4 is 43.5 Å². The summed E-state index contributed by atoms with van der Waals surface area (Å²) in [5, 5.41) is 7.04. The van der Waals surface area contributed by atoms with Crippen LogP contribution in [0, 0.1) is 13.8 Å². The van der Waals surface area contributed by atoms with Crippen LogP contribution in [0.3, 0.4) is 0 Å². The number of aryl methyl sites for hydroxylation is 3. The molecule has 1 atom stereocenters. The van der Waals surface area contributed by atoms with Crippen molar-refractivity contribution in [1.82, 2.24) is 4.98 Å². The zero-order chi connectivity index (χ0) is 32.5. The lowest BCUT2D eigenvalue weighted by molar-refractivity contribution is -0.681. The number of furan rings is 1. The molecule has 0 aliphatic rings. The van der Waals surface area contributed by atoms with Gasteiger partial charge in [0.15, 0.2) is 11.9 Å². The highest BCUT2D eigenvalue weighted by Crippen LogP contribution is 2.44. The Morgan fingerprint density at radius 3 is 2.15 bits per heavy atom. The molecule has 0 N–H and O–H groups in total. The SMILES string of the molecule is Cc1ccccc1C(C)(C)c1cccc(C(C)(c2cc3c(cc2C)oc2c3ccc3ccc4ccccc4c32)c2cccc[n+]2C)n1. The number of hydrogen-bond acceptors (Lipinski definition) is 2. The van der Waals surface area contributed by atoms with Gasteiger partial charge in [-0.25, -0.2) is 4.57 Å². The van der Waals surface area contributed by atoms with Crippen LogP contribution >= 0.6 is 0 Å². The quantitative estimate of drug-likeness (QED) is 0.143. The molecule has 0 amide bonds. The summed E-state index contributed by atoms with van der Waals surface area (Å²) in [7, 11) is 2.13. The number of benzene rings is 5. The van der Waals surface area contributed by atoms with Crippen molar-refractivity contribution in [3.05, 3.63) is 167 Å². The Labute approximate surface area is 276 Å². The standard InChI is InChI=1S/C44H39N2O/c1-28-14-7-10-17-35(28)43(3,4)38-18-13-19-39(45-38)44(5,40-20-11-12-25-46(40)6)36-27-34-33-24-23-31-22-21-30-15-8-9-16-32(30)41(31)42(33)47-37(34)26-29(36)2/h7-27H,1-6H3/q+1. The molecule has 0 saturated heterocycles. The number of hydrogen-bond donors (Lipinski definition) is 0. The van der Waals surface area contributed by atoms with E-state index in [0.29, 0.717) is 0 Å². The largest absolute Gasteiger partial charge is 0.455 e. The Bertz CT molecular complexity index is 2500. The third kappa shape index (κ3) is 4.41.